The van der Waals surface area contributed by atoms with Crippen LogP contribution in [0.15, 0.2) is 58.7 Å². The molecule has 2 aromatic carbocycles. The van der Waals surface area contributed by atoms with Crippen molar-refractivity contribution in [2.45, 2.75) is 13.3 Å². The summed E-state index contributed by atoms with van der Waals surface area (Å²) in [6, 6.07) is 14.2. The van der Waals surface area contributed by atoms with E-state index in [-0.39, 0.29) is 5.69 Å². The van der Waals surface area contributed by atoms with Crippen LogP contribution >= 0.6 is 0 Å². The van der Waals surface area contributed by atoms with Crippen molar-refractivity contribution in [2.75, 3.05) is 0 Å². The molecule has 0 aliphatic rings. The van der Waals surface area contributed by atoms with Crippen molar-refractivity contribution >= 4 is 18.1 Å². The molecule has 2 rings (SSSR count). The zero-order chi connectivity index (χ0) is 15.1. The number of rotatable bonds is 5. The molecule has 0 aliphatic heterocycles. The van der Waals surface area contributed by atoms with Gasteiger partial charge < -0.3 is 0 Å². The highest BCUT2D eigenvalue weighted by atomic mass is 16.6. The molecule has 2 aromatic rings. The second kappa shape index (κ2) is 7.09. The first kappa shape index (κ1) is 14.6. The van der Waals surface area contributed by atoms with E-state index in [2.05, 4.69) is 29.3 Å². The van der Waals surface area contributed by atoms with Crippen molar-refractivity contribution in [1.82, 2.24) is 0 Å². The fraction of sp³-hybridized carbons (Fsp3) is 0.125. The summed E-state index contributed by atoms with van der Waals surface area (Å²) in [5, 5.41) is 18.4. The van der Waals surface area contributed by atoms with Gasteiger partial charge in [-0.25, -0.2) is 0 Å². The monoisotopic (exact) mass is 281 g/mol. The highest BCUT2D eigenvalue weighted by Gasteiger charge is 2.02. The van der Waals surface area contributed by atoms with E-state index in [1.54, 1.807) is 24.6 Å². The molecule has 106 valence electrons. The van der Waals surface area contributed by atoms with Gasteiger partial charge in [-0.2, -0.15) is 10.2 Å². The topological polar surface area (TPSA) is 67.9 Å². The van der Waals surface area contributed by atoms with E-state index >= 15 is 0 Å². The number of benzene rings is 2. The zero-order valence-electron chi connectivity index (χ0n) is 11.6. The maximum Gasteiger partial charge on any atom is 0.269 e. The van der Waals surface area contributed by atoms with Crippen LogP contribution in [0.1, 0.15) is 23.6 Å². The molecule has 0 atom stereocenters. The number of nitrogens with zero attached hydrogens (tertiary/aromatic N) is 3. The fourth-order valence-electron chi connectivity index (χ4n) is 1.72. The van der Waals surface area contributed by atoms with Gasteiger partial charge in [-0.15, -0.1) is 0 Å². The minimum absolute atomic E-state index is 0.0617. The lowest BCUT2D eigenvalue weighted by Gasteiger charge is -1.95. The zero-order valence-corrected chi connectivity index (χ0v) is 11.6. The molecule has 0 aliphatic carbocycles. The van der Waals surface area contributed by atoms with Gasteiger partial charge in [0.1, 0.15) is 0 Å². The van der Waals surface area contributed by atoms with Crippen LogP contribution in [0.2, 0.25) is 0 Å². The van der Waals surface area contributed by atoms with Gasteiger partial charge in [0.2, 0.25) is 0 Å². The van der Waals surface area contributed by atoms with Gasteiger partial charge in [0, 0.05) is 12.1 Å². The second-order valence-electron chi connectivity index (χ2n) is 4.43. The quantitative estimate of drug-likeness (QED) is 0.477. The molecule has 0 amide bonds. The summed E-state index contributed by atoms with van der Waals surface area (Å²) in [4.78, 5) is 10.1. The van der Waals surface area contributed by atoms with Gasteiger partial charge in [-0.05, 0) is 35.2 Å². The van der Waals surface area contributed by atoms with Gasteiger partial charge in [-0.3, -0.25) is 10.1 Å². The van der Waals surface area contributed by atoms with Crippen LogP contribution in [-0.2, 0) is 6.42 Å². The van der Waals surface area contributed by atoms with Gasteiger partial charge in [0.05, 0.1) is 17.4 Å². The Kier molecular flexibility index (Phi) is 4.93. The van der Waals surface area contributed by atoms with Crippen molar-refractivity contribution < 1.29 is 4.92 Å². The van der Waals surface area contributed by atoms with Crippen LogP contribution < -0.4 is 0 Å². The molecule has 0 radical (unpaired) electrons. The first-order valence-corrected chi connectivity index (χ1v) is 6.59. The Bertz CT molecular complexity index is 659. The third-order valence-corrected chi connectivity index (χ3v) is 2.97. The maximum absolute atomic E-state index is 10.5. The van der Waals surface area contributed by atoms with Crippen LogP contribution in [0, 0.1) is 10.1 Å². The summed E-state index contributed by atoms with van der Waals surface area (Å²) >= 11 is 0. The molecule has 0 aromatic heterocycles. The SMILES string of the molecule is CCc1ccc(/C=N/N=C/c2ccc([N+](=O)[O-])cc2)cc1. The smallest absolute Gasteiger partial charge is 0.258 e. The molecule has 0 saturated carbocycles. The summed E-state index contributed by atoms with van der Waals surface area (Å²) in [6.45, 7) is 2.11. The Hall–Kier alpha value is -2.82. The molecule has 0 spiro atoms. The first-order valence-electron chi connectivity index (χ1n) is 6.59. The maximum atomic E-state index is 10.5. The summed E-state index contributed by atoms with van der Waals surface area (Å²) in [7, 11) is 0. The first-order chi connectivity index (χ1) is 10.2. The lowest BCUT2D eigenvalue weighted by molar-refractivity contribution is -0.384. The molecule has 5 heteroatoms. The predicted octanol–water partition coefficient (Wildman–Crippen LogP) is 3.61. The normalized spacial score (nSPS) is 11.3. The molecule has 0 heterocycles. The standard InChI is InChI=1S/C16H15N3O2/c1-2-13-3-5-14(6-4-13)11-17-18-12-15-7-9-16(10-8-15)19(20)21/h3-12H,2H2,1H3/b17-11+,18-12+. The number of non-ortho nitro benzene ring substituents is 1. The van der Waals surface area contributed by atoms with Gasteiger partial charge >= 0.3 is 0 Å². The molecular formula is C16H15N3O2. The largest absolute Gasteiger partial charge is 0.269 e. The third-order valence-electron chi connectivity index (χ3n) is 2.97. The Morgan fingerprint density at radius 2 is 1.43 bits per heavy atom. The Balaban J connectivity index is 1.97. The minimum atomic E-state index is -0.432. The minimum Gasteiger partial charge on any atom is -0.258 e. The van der Waals surface area contributed by atoms with Crippen LogP contribution in [0.25, 0.3) is 0 Å². The Morgan fingerprint density at radius 3 is 1.86 bits per heavy atom. The number of nitro groups is 1. The van der Waals surface area contributed by atoms with Gasteiger partial charge in [0.25, 0.3) is 5.69 Å². The number of nitro benzene ring substituents is 1. The molecule has 0 bridgehead atoms. The number of aryl methyl sites for hydroxylation is 1. The van der Waals surface area contributed by atoms with E-state index in [0.717, 1.165) is 17.5 Å². The number of hydrogen-bond donors (Lipinski definition) is 0. The summed E-state index contributed by atoms with van der Waals surface area (Å²) in [5.41, 5.74) is 3.08. The van der Waals surface area contributed by atoms with Crippen LogP contribution in [0.4, 0.5) is 5.69 Å². The van der Waals surface area contributed by atoms with Crippen molar-refractivity contribution in [3.05, 3.63) is 75.3 Å². The highest BCUT2D eigenvalue weighted by Crippen LogP contribution is 2.10. The van der Waals surface area contributed by atoms with Crippen molar-refractivity contribution in [2.24, 2.45) is 10.2 Å². The summed E-state index contributed by atoms with van der Waals surface area (Å²) in [5.74, 6) is 0. The van der Waals surface area contributed by atoms with E-state index in [4.69, 9.17) is 0 Å². The van der Waals surface area contributed by atoms with Crippen LogP contribution in [-0.4, -0.2) is 17.4 Å². The lowest BCUT2D eigenvalue weighted by Crippen LogP contribution is -1.88. The van der Waals surface area contributed by atoms with E-state index < -0.39 is 4.92 Å². The van der Waals surface area contributed by atoms with E-state index in [0.29, 0.717) is 0 Å². The van der Waals surface area contributed by atoms with E-state index in [1.165, 1.54) is 17.7 Å². The molecule has 21 heavy (non-hydrogen) atoms. The molecule has 0 fully saturated rings. The van der Waals surface area contributed by atoms with Crippen LogP contribution in [0.5, 0.6) is 0 Å². The molecule has 5 nitrogen and oxygen atoms in total. The van der Waals surface area contributed by atoms with Crippen LogP contribution in [0.3, 0.4) is 0 Å². The second-order valence-corrected chi connectivity index (χ2v) is 4.43. The van der Waals surface area contributed by atoms with Crippen molar-refractivity contribution in [3.63, 3.8) is 0 Å². The Morgan fingerprint density at radius 1 is 0.952 bits per heavy atom. The van der Waals surface area contributed by atoms with E-state index in [1.807, 2.05) is 12.1 Å². The summed E-state index contributed by atoms with van der Waals surface area (Å²) in [6.07, 6.45) is 4.23. The van der Waals surface area contributed by atoms with Gasteiger partial charge in [0.15, 0.2) is 0 Å². The van der Waals surface area contributed by atoms with Gasteiger partial charge in [-0.1, -0.05) is 31.2 Å². The summed E-state index contributed by atoms with van der Waals surface area (Å²) < 4.78 is 0. The highest BCUT2D eigenvalue weighted by molar-refractivity contribution is 5.82. The molecule has 0 N–H and O–H groups in total. The average Bonchev–Trinajstić information content (AvgIpc) is 2.52. The van der Waals surface area contributed by atoms with E-state index in [9.17, 15) is 10.1 Å². The fourth-order valence-corrected chi connectivity index (χ4v) is 1.72. The van der Waals surface area contributed by atoms with Crippen molar-refractivity contribution in [3.8, 4) is 0 Å². The van der Waals surface area contributed by atoms with Crippen molar-refractivity contribution in [1.29, 1.82) is 0 Å². The third kappa shape index (κ3) is 4.35. The average molecular weight is 281 g/mol. The predicted molar refractivity (Wildman–Crippen MR) is 84.1 cm³/mol. The lowest BCUT2D eigenvalue weighted by atomic mass is 10.1. The molecular weight excluding hydrogens is 266 g/mol. The number of hydrogen-bond acceptors (Lipinski definition) is 4. The molecule has 0 saturated heterocycles. The Labute approximate surface area is 122 Å². The molecule has 0 unspecified atom stereocenters.